The van der Waals surface area contributed by atoms with Crippen molar-refractivity contribution in [3.05, 3.63) is 36.5 Å². The SMILES string of the molecule is C=C(C)C(CCCCC)CCC(NCC1CCC(CCCC(C)(C)C(C)(C)C(=C)C)CC1)C(=C)C. The lowest BCUT2D eigenvalue weighted by molar-refractivity contribution is 0.128. The zero-order chi connectivity index (χ0) is 26.6. The molecule has 35 heavy (non-hydrogen) atoms. The number of unbranched alkanes of at least 4 members (excludes halogenated alkanes) is 2. The highest BCUT2D eigenvalue weighted by Gasteiger charge is 2.37. The van der Waals surface area contributed by atoms with E-state index in [1.165, 1.54) is 100 Å². The van der Waals surface area contributed by atoms with Crippen LogP contribution in [0.1, 0.15) is 139 Å². The molecule has 1 heteroatoms. The van der Waals surface area contributed by atoms with Gasteiger partial charge in [0, 0.05) is 6.04 Å². The van der Waals surface area contributed by atoms with Gasteiger partial charge in [0.2, 0.25) is 0 Å². The van der Waals surface area contributed by atoms with E-state index < -0.39 is 0 Å². The topological polar surface area (TPSA) is 12.0 Å². The maximum atomic E-state index is 4.32. The van der Waals surface area contributed by atoms with Gasteiger partial charge in [-0.3, -0.25) is 0 Å². The second-order valence-corrected chi connectivity index (χ2v) is 13.5. The maximum absolute atomic E-state index is 4.32. The summed E-state index contributed by atoms with van der Waals surface area (Å²) >= 11 is 0. The zero-order valence-electron chi connectivity index (χ0n) is 25.3. The van der Waals surface area contributed by atoms with Crippen LogP contribution in [0.4, 0.5) is 0 Å². The summed E-state index contributed by atoms with van der Waals surface area (Å²) in [7, 11) is 0. The van der Waals surface area contributed by atoms with Gasteiger partial charge in [0.1, 0.15) is 0 Å². The van der Waals surface area contributed by atoms with E-state index in [-0.39, 0.29) is 5.41 Å². The van der Waals surface area contributed by atoms with Crippen molar-refractivity contribution < 1.29 is 0 Å². The Hall–Kier alpha value is -0.820. The predicted molar refractivity (Wildman–Crippen MR) is 160 cm³/mol. The predicted octanol–water partition coefficient (Wildman–Crippen LogP) is 10.7. The molecule has 1 aliphatic carbocycles. The van der Waals surface area contributed by atoms with Crippen LogP contribution in [0.25, 0.3) is 0 Å². The minimum atomic E-state index is 0.204. The molecule has 0 amide bonds. The van der Waals surface area contributed by atoms with Crippen molar-refractivity contribution >= 4 is 0 Å². The van der Waals surface area contributed by atoms with Crippen molar-refractivity contribution in [2.24, 2.45) is 28.6 Å². The van der Waals surface area contributed by atoms with E-state index in [2.05, 4.69) is 80.4 Å². The Morgan fingerprint density at radius 3 is 1.91 bits per heavy atom. The molecule has 0 aromatic rings. The van der Waals surface area contributed by atoms with Gasteiger partial charge in [0.15, 0.2) is 0 Å². The second-order valence-electron chi connectivity index (χ2n) is 13.5. The van der Waals surface area contributed by atoms with E-state index in [1.54, 1.807) is 0 Å². The monoisotopic (exact) mass is 485 g/mol. The van der Waals surface area contributed by atoms with Crippen molar-refractivity contribution in [3.8, 4) is 0 Å². The van der Waals surface area contributed by atoms with Gasteiger partial charge in [-0.15, -0.1) is 0 Å². The fraction of sp³-hybridized carbons (Fsp3) is 0.824. The molecule has 1 nitrogen and oxygen atoms in total. The quantitative estimate of drug-likeness (QED) is 0.150. The minimum absolute atomic E-state index is 0.204. The van der Waals surface area contributed by atoms with Gasteiger partial charge in [0.05, 0.1) is 0 Å². The molecule has 0 saturated heterocycles. The average Bonchev–Trinajstić information content (AvgIpc) is 2.78. The van der Waals surface area contributed by atoms with Gasteiger partial charge in [-0.05, 0) is 94.4 Å². The highest BCUT2D eigenvalue weighted by molar-refractivity contribution is 5.09. The number of allylic oxidation sites excluding steroid dienone is 2. The van der Waals surface area contributed by atoms with E-state index in [1.807, 2.05) is 0 Å². The van der Waals surface area contributed by atoms with Crippen molar-refractivity contribution in [2.45, 2.75) is 145 Å². The lowest BCUT2D eigenvalue weighted by Gasteiger charge is -2.43. The van der Waals surface area contributed by atoms with E-state index in [4.69, 9.17) is 0 Å². The van der Waals surface area contributed by atoms with Gasteiger partial charge in [-0.2, -0.15) is 0 Å². The summed E-state index contributed by atoms with van der Waals surface area (Å²) in [4.78, 5) is 0. The van der Waals surface area contributed by atoms with Crippen LogP contribution in [0.2, 0.25) is 0 Å². The molecule has 1 N–H and O–H groups in total. The van der Waals surface area contributed by atoms with E-state index in [0.717, 1.165) is 18.4 Å². The summed E-state index contributed by atoms with van der Waals surface area (Å²) in [6.07, 6.45) is 17.4. The van der Waals surface area contributed by atoms with Crippen molar-refractivity contribution in [2.75, 3.05) is 6.54 Å². The Balaban J connectivity index is 2.39. The summed E-state index contributed by atoms with van der Waals surface area (Å²) in [5.41, 5.74) is 4.50. The van der Waals surface area contributed by atoms with Crippen molar-refractivity contribution in [1.29, 1.82) is 0 Å². The second kappa shape index (κ2) is 15.4. The smallest absolute Gasteiger partial charge is 0.0274 e. The third-order valence-corrected chi connectivity index (χ3v) is 10.0. The third kappa shape index (κ3) is 11.0. The Kier molecular flexibility index (Phi) is 14.2. The normalized spacial score (nSPS) is 20.9. The average molecular weight is 486 g/mol. The van der Waals surface area contributed by atoms with Crippen LogP contribution >= 0.6 is 0 Å². The molecule has 0 heterocycles. The molecule has 1 aliphatic rings. The largest absolute Gasteiger partial charge is 0.310 e. The van der Waals surface area contributed by atoms with Crippen LogP contribution in [0, 0.1) is 28.6 Å². The molecule has 0 radical (unpaired) electrons. The first-order chi connectivity index (χ1) is 16.3. The first-order valence-corrected chi connectivity index (χ1v) is 15.0. The fourth-order valence-corrected chi connectivity index (χ4v) is 5.92. The third-order valence-electron chi connectivity index (χ3n) is 10.0. The molecule has 2 unspecified atom stereocenters. The Morgan fingerprint density at radius 1 is 0.800 bits per heavy atom. The number of hydrogen-bond donors (Lipinski definition) is 1. The standard InChI is InChI=1S/C34H63N/c1-12-13-14-17-31(26(2)3)22-23-32(27(4)5)35-25-30-20-18-29(19-21-30)16-15-24-33(8,9)34(10,11)28(6)7/h29-32,35H,2,4,6,12-25H2,1,3,5,7-11H3. The molecular weight excluding hydrogens is 422 g/mol. The molecule has 2 atom stereocenters. The van der Waals surface area contributed by atoms with Crippen LogP contribution in [-0.2, 0) is 0 Å². The number of rotatable bonds is 18. The summed E-state index contributed by atoms with van der Waals surface area (Å²) in [6, 6.07) is 0.458. The van der Waals surface area contributed by atoms with Gasteiger partial charge in [-0.1, -0.05) is 116 Å². The van der Waals surface area contributed by atoms with Crippen molar-refractivity contribution in [3.63, 3.8) is 0 Å². The van der Waals surface area contributed by atoms with Crippen LogP contribution in [0.5, 0.6) is 0 Å². The van der Waals surface area contributed by atoms with Gasteiger partial charge in [-0.25, -0.2) is 0 Å². The highest BCUT2D eigenvalue weighted by atomic mass is 14.9. The first-order valence-electron chi connectivity index (χ1n) is 15.0. The molecule has 0 aromatic heterocycles. The molecule has 1 rings (SSSR count). The van der Waals surface area contributed by atoms with Crippen LogP contribution in [0.3, 0.4) is 0 Å². The van der Waals surface area contributed by atoms with Crippen LogP contribution < -0.4 is 5.32 Å². The van der Waals surface area contributed by atoms with Gasteiger partial charge >= 0.3 is 0 Å². The summed E-state index contributed by atoms with van der Waals surface area (Å²) in [5.74, 6) is 2.45. The molecule has 0 aliphatic heterocycles. The van der Waals surface area contributed by atoms with E-state index >= 15 is 0 Å². The Labute approximate surface area is 221 Å². The number of hydrogen-bond acceptors (Lipinski definition) is 1. The highest BCUT2D eigenvalue weighted by Crippen LogP contribution is 2.47. The van der Waals surface area contributed by atoms with Crippen molar-refractivity contribution in [1.82, 2.24) is 5.32 Å². The fourth-order valence-electron chi connectivity index (χ4n) is 5.92. The zero-order valence-corrected chi connectivity index (χ0v) is 25.3. The molecular formula is C34H63N. The lowest BCUT2D eigenvalue weighted by Crippen LogP contribution is -2.36. The molecule has 1 saturated carbocycles. The van der Waals surface area contributed by atoms with Crippen LogP contribution in [-0.4, -0.2) is 12.6 Å². The minimum Gasteiger partial charge on any atom is -0.310 e. The summed E-state index contributed by atoms with van der Waals surface area (Å²) in [5, 5.41) is 3.92. The van der Waals surface area contributed by atoms with E-state index in [9.17, 15) is 0 Å². The molecule has 0 bridgehead atoms. The van der Waals surface area contributed by atoms with Crippen LogP contribution in [0.15, 0.2) is 36.5 Å². The maximum Gasteiger partial charge on any atom is 0.0274 e. The van der Waals surface area contributed by atoms with E-state index in [0.29, 0.717) is 17.4 Å². The van der Waals surface area contributed by atoms with Gasteiger partial charge in [0.25, 0.3) is 0 Å². The van der Waals surface area contributed by atoms with Gasteiger partial charge < -0.3 is 5.32 Å². The Bertz CT molecular complexity index is 644. The first kappa shape index (κ1) is 32.2. The molecule has 0 aromatic carbocycles. The molecule has 0 spiro atoms. The summed E-state index contributed by atoms with van der Waals surface area (Å²) in [6.45, 7) is 32.6. The number of nitrogens with one attached hydrogen (secondary N) is 1. The Morgan fingerprint density at radius 2 is 1.40 bits per heavy atom. The summed E-state index contributed by atoms with van der Waals surface area (Å²) < 4.78 is 0. The molecule has 204 valence electrons. The lowest BCUT2D eigenvalue weighted by atomic mass is 9.62. The molecule has 1 fully saturated rings.